The average molecular weight is 476 g/mol. The quantitative estimate of drug-likeness (QED) is 0.445. The second-order valence-corrected chi connectivity index (χ2v) is 8.63. The summed E-state index contributed by atoms with van der Waals surface area (Å²) in [5.74, 6) is 0.0369. The van der Waals surface area contributed by atoms with Crippen LogP contribution in [0.5, 0.6) is 0 Å². The Hall–Kier alpha value is -3.03. The first-order valence-corrected chi connectivity index (χ1v) is 11.1. The van der Waals surface area contributed by atoms with E-state index in [0.29, 0.717) is 18.7 Å². The third kappa shape index (κ3) is 4.24. The highest BCUT2D eigenvalue weighted by atomic mass is 79.9. The van der Waals surface area contributed by atoms with Gasteiger partial charge >= 0.3 is 0 Å². The molecule has 0 N–H and O–H groups in total. The lowest BCUT2D eigenvalue weighted by atomic mass is 10.1. The van der Waals surface area contributed by atoms with E-state index in [2.05, 4.69) is 55.2 Å². The van der Waals surface area contributed by atoms with E-state index in [1.54, 1.807) is 17.1 Å². The Morgan fingerprint density at radius 1 is 0.968 bits per heavy atom. The van der Waals surface area contributed by atoms with E-state index in [9.17, 15) is 4.79 Å². The fourth-order valence-electron chi connectivity index (χ4n) is 4.00. The molecule has 1 amide bonds. The molecule has 0 atom stereocenters. The van der Waals surface area contributed by atoms with Crippen LogP contribution in [0.1, 0.15) is 15.9 Å². The third-order valence-corrected chi connectivity index (χ3v) is 6.22. The second kappa shape index (κ2) is 8.61. The van der Waals surface area contributed by atoms with Gasteiger partial charge in [-0.05, 0) is 35.9 Å². The van der Waals surface area contributed by atoms with Gasteiger partial charge in [-0.25, -0.2) is 4.68 Å². The van der Waals surface area contributed by atoms with Crippen molar-refractivity contribution in [2.75, 3.05) is 26.2 Å². The topological polar surface area (TPSA) is 54.3 Å². The van der Waals surface area contributed by atoms with Gasteiger partial charge in [-0.3, -0.25) is 14.7 Å². The minimum Gasteiger partial charge on any atom is -0.336 e. The van der Waals surface area contributed by atoms with Gasteiger partial charge in [0.05, 0.1) is 23.0 Å². The van der Waals surface area contributed by atoms with Crippen LogP contribution in [-0.2, 0) is 6.54 Å². The Kier molecular flexibility index (Phi) is 5.53. The van der Waals surface area contributed by atoms with Gasteiger partial charge in [0.15, 0.2) is 0 Å². The average Bonchev–Trinajstić information content (AvgIpc) is 3.30. The number of para-hydroxylation sites is 1. The van der Waals surface area contributed by atoms with Gasteiger partial charge in [-0.15, -0.1) is 0 Å². The molecular weight excluding hydrogens is 454 g/mol. The van der Waals surface area contributed by atoms with Crippen molar-refractivity contribution in [2.45, 2.75) is 6.54 Å². The molecule has 3 heterocycles. The van der Waals surface area contributed by atoms with Crippen LogP contribution in [0.25, 0.3) is 16.6 Å². The summed E-state index contributed by atoms with van der Waals surface area (Å²) in [5, 5.41) is 5.53. The van der Waals surface area contributed by atoms with E-state index in [4.69, 9.17) is 0 Å². The van der Waals surface area contributed by atoms with Gasteiger partial charge in [0.2, 0.25) is 0 Å². The molecule has 2 aromatic heterocycles. The largest absolute Gasteiger partial charge is 0.336 e. The van der Waals surface area contributed by atoms with Gasteiger partial charge in [-0.1, -0.05) is 40.2 Å². The van der Waals surface area contributed by atoms with Crippen LogP contribution in [0, 0.1) is 0 Å². The van der Waals surface area contributed by atoms with Crippen LogP contribution >= 0.6 is 15.9 Å². The zero-order valence-corrected chi connectivity index (χ0v) is 18.6. The van der Waals surface area contributed by atoms with Gasteiger partial charge in [0.25, 0.3) is 5.91 Å². The number of carbonyl (C=O) groups is 1. The molecule has 0 spiro atoms. The molecule has 1 fully saturated rings. The molecule has 31 heavy (non-hydrogen) atoms. The predicted octanol–water partition coefficient (Wildman–Crippen LogP) is 4.14. The number of pyridine rings is 1. The Morgan fingerprint density at radius 2 is 1.74 bits per heavy atom. The van der Waals surface area contributed by atoms with Crippen molar-refractivity contribution in [2.24, 2.45) is 0 Å². The summed E-state index contributed by atoms with van der Waals surface area (Å²) in [6, 6.07) is 18.2. The molecule has 0 saturated carbocycles. The smallest absolute Gasteiger partial charge is 0.257 e. The molecule has 5 rings (SSSR count). The highest BCUT2D eigenvalue weighted by Gasteiger charge is 2.23. The van der Waals surface area contributed by atoms with Crippen LogP contribution in [0.4, 0.5) is 0 Å². The number of amides is 1. The van der Waals surface area contributed by atoms with E-state index >= 15 is 0 Å². The number of piperazine rings is 1. The molecule has 0 aliphatic carbocycles. The van der Waals surface area contributed by atoms with Crippen LogP contribution in [-0.4, -0.2) is 56.7 Å². The molecule has 4 aromatic rings. The SMILES string of the molecule is O=C(c1cnn(-c2ccc(Br)cc2)c1)N1CCN(Cc2cccc3cccnc23)CC1. The lowest BCUT2D eigenvalue weighted by molar-refractivity contribution is 0.0629. The molecule has 0 radical (unpaired) electrons. The summed E-state index contributed by atoms with van der Waals surface area (Å²) >= 11 is 3.44. The molecule has 1 saturated heterocycles. The molecule has 6 nitrogen and oxygen atoms in total. The van der Waals surface area contributed by atoms with E-state index < -0.39 is 0 Å². The number of hydrogen-bond acceptors (Lipinski definition) is 4. The van der Waals surface area contributed by atoms with E-state index in [0.717, 1.165) is 40.7 Å². The van der Waals surface area contributed by atoms with Crippen LogP contribution < -0.4 is 0 Å². The maximum atomic E-state index is 13.0. The monoisotopic (exact) mass is 475 g/mol. The number of carbonyl (C=O) groups excluding carboxylic acids is 1. The lowest BCUT2D eigenvalue weighted by Gasteiger charge is -2.34. The van der Waals surface area contributed by atoms with Crippen LogP contribution in [0.3, 0.4) is 0 Å². The van der Waals surface area contributed by atoms with Gasteiger partial charge in [-0.2, -0.15) is 5.10 Å². The normalized spacial score (nSPS) is 14.8. The Bertz CT molecular complexity index is 1210. The zero-order valence-electron chi connectivity index (χ0n) is 17.0. The van der Waals surface area contributed by atoms with Crippen LogP contribution in [0.15, 0.2) is 77.7 Å². The number of nitrogens with zero attached hydrogens (tertiary/aromatic N) is 5. The Morgan fingerprint density at radius 3 is 2.55 bits per heavy atom. The Balaban J connectivity index is 1.22. The van der Waals surface area contributed by atoms with Crippen molar-refractivity contribution in [1.82, 2.24) is 24.6 Å². The minimum absolute atomic E-state index is 0.0369. The number of fused-ring (bicyclic) bond motifs is 1. The molecule has 7 heteroatoms. The molecule has 156 valence electrons. The Labute approximate surface area is 189 Å². The summed E-state index contributed by atoms with van der Waals surface area (Å²) < 4.78 is 2.75. The van der Waals surface area contributed by atoms with Gasteiger partial charge in [0, 0.05) is 55.0 Å². The summed E-state index contributed by atoms with van der Waals surface area (Å²) in [6.07, 6.45) is 5.30. The second-order valence-electron chi connectivity index (χ2n) is 7.71. The van der Waals surface area contributed by atoms with Gasteiger partial charge < -0.3 is 4.90 Å². The first-order chi connectivity index (χ1) is 15.2. The molecule has 1 aliphatic rings. The highest BCUT2D eigenvalue weighted by Crippen LogP contribution is 2.19. The van der Waals surface area contributed by atoms with E-state index in [1.807, 2.05) is 41.4 Å². The van der Waals surface area contributed by atoms with E-state index in [1.165, 1.54) is 5.56 Å². The first-order valence-electron chi connectivity index (χ1n) is 10.3. The molecule has 0 unspecified atom stereocenters. The number of aromatic nitrogens is 3. The third-order valence-electron chi connectivity index (χ3n) is 5.69. The standard InChI is InChI=1S/C24H22BrN5O/c25-21-6-8-22(9-7-21)30-17-20(15-27-30)24(31)29-13-11-28(12-14-29)16-19-4-1-3-18-5-2-10-26-23(18)19/h1-10,15,17H,11-14,16H2. The summed E-state index contributed by atoms with van der Waals surface area (Å²) in [4.78, 5) is 21.8. The van der Waals surface area contributed by atoms with Crippen molar-refractivity contribution in [1.29, 1.82) is 0 Å². The summed E-state index contributed by atoms with van der Waals surface area (Å²) in [5.41, 5.74) is 3.84. The van der Waals surface area contributed by atoms with Crippen molar-refractivity contribution >= 4 is 32.7 Å². The number of halogens is 1. The number of hydrogen-bond donors (Lipinski definition) is 0. The van der Waals surface area contributed by atoms with Crippen molar-refractivity contribution in [3.05, 3.63) is 88.8 Å². The molecular formula is C24H22BrN5O. The predicted molar refractivity (Wildman–Crippen MR) is 124 cm³/mol. The first kappa shape index (κ1) is 19.9. The molecule has 1 aliphatic heterocycles. The molecule has 2 aromatic carbocycles. The van der Waals surface area contributed by atoms with Crippen molar-refractivity contribution in [3.8, 4) is 5.69 Å². The van der Waals surface area contributed by atoms with E-state index in [-0.39, 0.29) is 5.91 Å². The van der Waals surface area contributed by atoms with Crippen LogP contribution in [0.2, 0.25) is 0 Å². The zero-order chi connectivity index (χ0) is 21.2. The minimum atomic E-state index is 0.0369. The van der Waals surface area contributed by atoms with Gasteiger partial charge in [0.1, 0.15) is 0 Å². The van der Waals surface area contributed by atoms with Crippen molar-refractivity contribution < 1.29 is 4.79 Å². The summed E-state index contributed by atoms with van der Waals surface area (Å²) in [7, 11) is 0. The fourth-order valence-corrected chi connectivity index (χ4v) is 4.26. The highest BCUT2D eigenvalue weighted by molar-refractivity contribution is 9.10. The molecule has 0 bridgehead atoms. The number of benzene rings is 2. The number of rotatable bonds is 4. The maximum Gasteiger partial charge on any atom is 0.257 e. The lowest BCUT2D eigenvalue weighted by Crippen LogP contribution is -2.48. The summed E-state index contributed by atoms with van der Waals surface area (Å²) in [6.45, 7) is 3.95. The van der Waals surface area contributed by atoms with Crippen molar-refractivity contribution in [3.63, 3.8) is 0 Å². The maximum absolute atomic E-state index is 13.0. The fraction of sp³-hybridized carbons (Fsp3) is 0.208.